The third-order valence-corrected chi connectivity index (χ3v) is 1.32. The van der Waals surface area contributed by atoms with Gasteiger partial charge in [-0.05, 0) is 0 Å². The molecule has 0 rings (SSSR count). The Morgan fingerprint density at radius 3 is 2.55 bits per heavy atom. The SMILES string of the molecule is CCC(N)(O)OC(=O)C(Cl)Cl. The average Bonchev–Trinajstić information content (AvgIpc) is 1.87. The van der Waals surface area contributed by atoms with Crippen LogP contribution in [0.15, 0.2) is 0 Å². The van der Waals surface area contributed by atoms with Crippen molar-refractivity contribution >= 4 is 29.2 Å². The largest absolute Gasteiger partial charge is 0.417 e. The van der Waals surface area contributed by atoms with Gasteiger partial charge in [0.2, 0.25) is 4.84 Å². The summed E-state index contributed by atoms with van der Waals surface area (Å²) < 4.78 is 4.28. The molecule has 0 fully saturated rings. The highest BCUT2D eigenvalue weighted by molar-refractivity contribution is 6.52. The molecule has 0 saturated heterocycles. The molecule has 0 heterocycles. The zero-order valence-electron chi connectivity index (χ0n) is 5.88. The number of halogens is 2. The number of hydrogen-bond donors (Lipinski definition) is 2. The van der Waals surface area contributed by atoms with E-state index in [0.29, 0.717) is 0 Å². The van der Waals surface area contributed by atoms with Crippen LogP contribution in [-0.2, 0) is 9.53 Å². The van der Waals surface area contributed by atoms with Crippen LogP contribution < -0.4 is 5.73 Å². The summed E-state index contributed by atoms with van der Waals surface area (Å²) in [6.45, 7) is 1.55. The summed E-state index contributed by atoms with van der Waals surface area (Å²) in [6, 6.07) is 0. The normalized spacial score (nSPS) is 16.2. The van der Waals surface area contributed by atoms with E-state index in [1.54, 1.807) is 6.92 Å². The number of carbonyl (C=O) groups is 1. The van der Waals surface area contributed by atoms with Crippen molar-refractivity contribution in [2.45, 2.75) is 24.1 Å². The number of nitrogens with two attached hydrogens (primary N) is 1. The summed E-state index contributed by atoms with van der Waals surface area (Å²) in [5, 5.41) is 8.96. The van der Waals surface area contributed by atoms with Crippen LogP contribution in [0.25, 0.3) is 0 Å². The number of ether oxygens (including phenoxy) is 1. The number of alkyl halides is 2. The number of hydrogen-bond acceptors (Lipinski definition) is 4. The summed E-state index contributed by atoms with van der Waals surface area (Å²) in [4.78, 5) is 9.27. The second-order valence-electron chi connectivity index (χ2n) is 1.92. The predicted molar refractivity (Wildman–Crippen MR) is 41.0 cm³/mol. The highest BCUT2D eigenvalue weighted by Gasteiger charge is 2.26. The highest BCUT2D eigenvalue weighted by atomic mass is 35.5. The average molecular weight is 202 g/mol. The van der Waals surface area contributed by atoms with E-state index in [4.69, 9.17) is 34.0 Å². The van der Waals surface area contributed by atoms with Crippen molar-refractivity contribution in [1.29, 1.82) is 0 Å². The Bertz CT molecular complexity index is 149. The van der Waals surface area contributed by atoms with Crippen molar-refractivity contribution in [2.24, 2.45) is 5.73 Å². The van der Waals surface area contributed by atoms with Crippen LogP contribution in [0.4, 0.5) is 0 Å². The Kier molecular flexibility index (Phi) is 4.10. The molecule has 0 aromatic carbocycles. The van der Waals surface area contributed by atoms with Gasteiger partial charge in [0.15, 0.2) is 0 Å². The lowest BCUT2D eigenvalue weighted by Crippen LogP contribution is -2.44. The molecule has 0 saturated carbocycles. The fourth-order valence-corrected chi connectivity index (χ4v) is 0.380. The Balaban J connectivity index is 3.94. The lowest BCUT2D eigenvalue weighted by molar-refractivity contribution is -0.206. The predicted octanol–water partition coefficient (Wildman–Crippen LogP) is 0.348. The van der Waals surface area contributed by atoms with Gasteiger partial charge in [-0.3, -0.25) is 5.73 Å². The zero-order chi connectivity index (χ0) is 9.07. The first-order valence-corrected chi connectivity index (χ1v) is 3.78. The van der Waals surface area contributed by atoms with Gasteiger partial charge in [-0.2, -0.15) is 0 Å². The van der Waals surface area contributed by atoms with Crippen LogP contribution in [0.1, 0.15) is 13.3 Å². The van der Waals surface area contributed by atoms with E-state index in [1.165, 1.54) is 0 Å². The summed E-state index contributed by atoms with van der Waals surface area (Å²) in [6.07, 6.45) is 0.0687. The Hall–Kier alpha value is -0.0300. The molecular formula is C5H9Cl2NO3. The number of esters is 1. The quantitative estimate of drug-likeness (QED) is 0.393. The van der Waals surface area contributed by atoms with E-state index in [-0.39, 0.29) is 6.42 Å². The molecule has 0 bridgehead atoms. The fourth-order valence-electron chi connectivity index (χ4n) is 0.291. The Morgan fingerprint density at radius 2 is 2.27 bits per heavy atom. The van der Waals surface area contributed by atoms with Crippen molar-refractivity contribution in [1.82, 2.24) is 0 Å². The third kappa shape index (κ3) is 4.42. The topological polar surface area (TPSA) is 72.6 Å². The number of rotatable bonds is 3. The van der Waals surface area contributed by atoms with E-state index >= 15 is 0 Å². The van der Waals surface area contributed by atoms with Crippen LogP contribution in [0.3, 0.4) is 0 Å². The van der Waals surface area contributed by atoms with Crippen molar-refractivity contribution in [3.05, 3.63) is 0 Å². The molecule has 3 N–H and O–H groups in total. The van der Waals surface area contributed by atoms with E-state index in [2.05, 4.69) is 4.74 Å². The second-order valence-corrected chi connectivity index (χ2v) is 3.02. The minimum Gasteiger partial charge on any atom is -0.417 e. The number of carbonyl (C=O) groups excluding carboxylic acids is 1. The van der Waals surface area contributed by atoms with Gasteiger partial charge in [-0.15, -0.1) is 0 Å². The molecule has 1 unspecified atom stereocenters. The van der Waals surface area contributed by atoms with Crippen LogP contribution in [0.5, 0.6) is 0 Å². The van der Waals surface area contributed by atoms with Crippen LogP contribution in [0.2, 0.25) is 0 Å². The maximum atomic E-state index is 10.6. The monoisotopic (exact) mass is 201 g/mol. The van der Waals surface area contributed by atoms with Gasteiger partial charge in [0.1, 0.15) is 0 Å². The molecule has 0 amide bonds. The first-order chi connectivity index (χ1) is 4.89. The first-order valence-electron chi connectivity index (χ1n) is 2.91. The molecule has 0 aliphatic heterocycles. The Morgan fingerprint density at radius 1 is 1.82 bits per heavy atom. The maximum Gasteiger partial charge on any atom is 0.342 e. The summed E-state index contributed by atoms with van der Waals surface area (Å²) in [5.41, 5.74) is 5.05. The Labute approximate surface area is 74.2 Å². The minimum atomic E-state index is -1.97. The van der Waals surface area contributed by atoms with Crippen molar-refractivity contribution < 1.29 is 14.6 Å². The molecule has 66 valence electrons. The lowest BCUT2D eigenvalue weighted by atomic mass is 10.4. The van der Waals surface area contributed by atoms with Gasteiger partial charge in [0.25, 0.3) is 5.91 Å². The van der Waals surface area contributed by atoms with Crippen molar-refractivity contribution in [3.8, 4) is 0 Å². The molecule has 4 nitrogen and oxygen atoms in total. The van der Waals surface area contributed by atoms with Gasteiger partial charge < -0.3 is 9.84 Å². The van der Waals surface area contributed by atoms with Gasteiger partial charge >= 0.3 is 5.97 Å². The zero-order valence-corrected chi connectivity index (χ0v) is 7.39. The van der Waals surface area contributed by atoms with Gasteiger partial charge in [-0.1, -0.05) is 30.1 Å². The summed E-state index contributed by atoms with van der Waals surface area (Å²) >= 11 is 10.2. The van der Waals surface area contributed by atoms with Crippen LogP contribution >= 0.6 is 23.2 Å². The molecule has 0 aromatic rings. The van der Waals surface area contributed by atoms with E-state index in [9.17, 15) is 4.79 Å². The van der Waals surface area contributed by atoms with Crippen molar-refractivity contribution in [3.63, 3.8) is 0 Å². The lowest BCUT2D eigenvalue weighted by Gasteiger charge is -2.21. The molecule has 0 spiro atoms. The maximum absolute atomic E-state index is 10.6. The van der Waals surface area contributed by atoms with E-state index < -0.39 is 16.7 Å². The highest BCUT2D eigenvalue weighted by Crippen LogP contribution is 2.10. The molecule has 0 aliphatic carbocycles. The summed E-state index contributed by atoms with van der Waals surface area (Å²) in [5.74, 6) is -2.93. The minimum absolute atomic E-state index is 0.0687. The fraction of sp³-hybridized carbons (Fsp3) is 0.800. The molecule has 11 heavy (non-hydrogen) atoms. The van der Waals surface area contributed by atoms with Gasteiger partial charge in [0.05, 0.1) is 0 Å². The molecule has 0 aliphatic rings. The standard InChI is InChI=1S/C5H9Cl2NO3/c1-2-5(8,10)11-4(9)3(6)7/h3,10H,2,8H2,1H3. The first kappa shape index (κ1) is 11.0. The molecule has 6 heteroatoms. The van der Waals surface area contributed by atoms with Gasteiger partial charge in [-0.25, -0.2) is 4.79 Å². The molecule has 0 aromatic heterocycles. The molecule has 1 atom stereocenters. The van der Waals surface area contributed by atoms with E-state index in [1.807, 2.05) is 0 Å². The summed E-state index contributed by atoms with van der Waals surface area (Å²) in [7, 11) is 0. The number of aliphatic hydroxyl groups is 1. The van der Waals surface area contributed by atoms with Crippen molar-refractivity contribution in [2.75, 3.05) is 0 Å². The van der Waals surface area contributed by atoms with Crippen LogP contribution in [-0.4, -0.2) is 21.8 Å². The second kappa shape index (κ2) is 4.11. The molecule has 0 radical (unpaired) electrons. The third-order valence-electron chi connectivity index (χ3n) is 0.962. The molecular weight excluding hydrogens is 193 g/mol. The van der Waals surface area contributed by atoms with Gasteiger partial charge in [0, 0.05) is 6.42 Å². The van der Waals surface area contributed by atoms with E-state index in [0.717, 1.165) is 0 Å². The van der Waals surface area contributed by atoms with Crippen LogP contribution in [0, 0.1) is 0 Å². The smallest absolute Gasteiger partial charge is 0.342 e.